The molecule has 130 valence electrons. The molecular weight excluding hydrogens is 312 g/mol. The first kappa shape index (κ1) is 17.6. The van der Waals surface area contributed by atoms with Crippen LogP contribution < -0.4 is 5.32 Å². The highest BCUT2D eigenvalue weighted by Gasteiger charge is 2.18. The minimum absolute atomic E-state index is 0.0358. The van der Waals surface area contributed by atoms with E-state index in [0.717, 1.165) is 17.8 Å². The predicted octanol–water partition coefficient (Wildman–Crippen LogP) is 1.89. The van der Waals surface area contributed by atoms with Crippen LogP contribution in [0.15, 0.2) is 12.4 Å². The molecule has 2 aromatic heterocycles. The molecule has 2 heterocycles. The first-order valence-corrected chi connectivity index (χ1v) is 7.83. The van der Waals surface area contributed by atoms with Gasteiger partial charge in [-0.2, -0.15) is 10.2 Å². The van der Waals surface area contributed by atoms with Crippen LogP contribution in [0.2, 0.25) is 0 Å². The number of hydrogen-bond donors (Lipinski definition) is 1. The van der Waals surface area contributed by atoms with E-state index in [-0.39, 0.29) is 24.1 Å². The minimum atomic E-state index is -0.477. The minimum Gasteiger partial charge on any atom is -0.349 e. The SMILES string of the molecule is CCn1ncc(C(C)NC(=O)CCn2ncc([N+](=O)[O-])c2C)c1C. The third-order valence-electron chi connectivity index (χ3n) is 4.11. The normalized spacial score (nSPS) is 12.2. The third-order valence-corrected chi connectivity index (χ3v) is 4.11. The van der Waals surface area contributed by atoms with Crippen LogP contribution in [0.3, 0.4) is 0 Å². The lowest BCUT2D eigenvalue weighted by Crippen LogP contribution is -2.28. The van der Waals surface area contributed by atoms with Crippen LogP contribution in [-0.4, -0.2) is 30.4 Å². The van der Waals surface area contributed by atoms with Gasteiger partial charge in [0.1, 0.15) is 11.9 Å². The van der Waals surface area contributed by atoms with Gasteiger partial charge in [0.15, 0.2) is 0 Å². The molecule has 2 rings (SSSR count). The van der Waals surface area contributed by atoms with E-state index in [4.69, 9.17) is 0 Å². The number of nitrogens with one attached hydrogen (secondary N) is 1. The quantitative estimate of drug-likeness (QED) is 0.614. The van der Waals surface area contributed by atoms with Crippen molar-refractivity contribution in [3.63, 3.8) is 0 Å². The van der Waals surface area contributed by atoms with E-state index in [2.05, 4.69) is 15.5 Å². The smallest absolute Gasteiger partial charge is 0.309 e. The summed E-state index contributed by atoms with van der Waals surface area (Å²) in [5.74, 6) is -0.135. The van der Waals surface area contributed by atoms with Gasteiger partial charge >= 0.3 is 5.69 Å². The van der Waals surface area contributed by atoms with Gasteiger partial charge < -0.3 is 5.32 Å². The van der Waals surface area contributed by atoms with E-state index in [9.17, 15) is 14.9 Å². The number of amides is 1. The monoisotopic (exact) mass is 334 g/mol. The summed E-state index contributed by atoms with van der Waals surface area (Å²) in [5, 5.41) is 22.0. The molecule has 0 aliphatic heterocycles. The standard InChI is InChI=1S/C15H22N6O3/c1-5-19-11(3)13(8-16-19)10(2)18-15(22)6-7-20-12(4)14(9-17-20)21(23)24/h8-10H,5-7H2,1-4H3,(H,18,22). The fourth-order valence-corrected chi connectivity index (χ4v) is 2.65. The van der Waals surface area contributed by atoms with E-state index in [1.807, 2.05) is 25.5 Å². The summed E-state index contributed by atoms with van der Waals surface area (Å²) in [5.41, 5.74) is 2.42. The average molecular weight is 334 g/mol. The maximum absolute atomic E-state index is 12.1. The first-order chi connectivity index (χ1) is 11.3. The zero-order chi connectivity index (χ0) is 17.9. The highest BCUT2D eigenvalue weighted by atomic mass is 16.6. The van der Waals surface area contributed by atoms with E-state index >= 15 is 0 Å². The van der Waals surface area contributed by atoms with Gasteiger partial charge in [-0.1, -0.05) is 0 Å². The second-order valence-electron chi connectivity index (χ2n) is 5.64. The summed E-state index contributed by atoms with van der Waals surface area (Å²) in [4.78, 5) is 22.4. The Bertz CT molecular complexity index is 748. The van der Waals surface area contributed by atoms with Crippen LogP contribution in [0.1, 0.15) is 43.3 Å². The Hall–Kier alpha value is -2.71. The molecule has 9 heteroatoms. The van der Waals surface area contributed by atoms with Crippen LogP contribution in [0.5, 0.6) is 0 Å². The van der Waals surface area contributed by atoms with Gasteiger partial charge in [-0.15, -0.1) is 0 Å². The Kier molecular flexibility index (Phi) is 5.32. The van der Waals surface area contributed by atoms with Crippen LogP contribution in [-0.2, 0) is 17.9 Å². The van der Waals surface area contributed by atoms with Crippen molar-refractivity contribution in [2.24, 2.45) is 0 Å². The molecule has 0 aromatic carbocycles. The Morgan fingerprint density at radius 3 is 2.50 bits per heavy atom. The molecule has 1 amide bonds. The van der Waals surface area contributed by atoms with Gasteiger partial charge in [0.25, 0.3) is 0 Å². The zero-order valence-electron chi connectivity index (χ0n) is 14.3. The van der Waals surface area contributed by atoms with Crippen molar-refractivity contribution in [2.75, 3.05) is 0 Å². The molecule has 0 spiro atoms. The molecule has 0 saturated heterocycles. The Balaban J connectivity index is 1.93. The summed E-state index contributed by atoms with van der Waals surface area (Å²) >= 11 is 0. The fraction of sp³-hybridized carbons (Fsp3) is 0.533. The summed E-state index contributed by atoms with van der Waals surface area (Å²) in [6, 6.07) is -0.147. The number of hydrogen-bond acceptors (Lipinski definition) is 5. The van der Waals surface area contributed by atoms with Crippen LogP contribution in [0.25, 0.3) is 0 Å². The summed E-state index contributed by atoms with van der Waals surface area (Å²) in [7, 11) is 0. The first-order valence-electron chi connectivity index (χ1n) is 7.83. The molecule has 0 fully saturated rings. The van der Waals surface area contributed by atoms with Crippen molar-refractivity contribution in [1.29, 1.82) is 0 Å². The Morgan fingerprint density at radius 1 is 1.29 bits per heavy atom. The number of aromatic nitrogens is 4. The number of aryl methyl sites for hydroxylation is 2. The number of rotatable bonds is 7. The second-order valence-corrected chi connectivity index (χ2v) is 5.64. The topological polar surface area (TPSA) is 108 Å². The number of nitro groups is 1. The molecule has 2 aromatic rings. The molecule has 24 heavy (non-hydrogen) atoms. The van der Waals surface area contributed by atoms with Gasteiger partial charge in [-0.25, -0.2) is 0 Å². The average Bonchev–Trinajstić information content (AvgIpc) is 3.08. The molecule has 1 N–H and O–H groups in total. The summed E-state index contributed by atoms with van der Waals surface area (Å²) in [6.07, 6.45) is 3.17. The van der Waals surface area contributed by atoms with Crippen molar-refractivity contribution >= 4 is 11.6 Å². The van der Waals surface area contributed by atoms with Crippen molar-refractivity contribution in [3.05, 3.63) is 39.5 Å². The van der Waals surface area contributed by atoms with E-state index in [1.165, 1.54) is 10.9 Å². The molecule has 0 aliphatic rings. The maximum Gasteiger partial charge on any atom is 0.309 e. The maximum atomic E-state index is 12.1. The summed E-state index contributed by atoms with van der Waals surface area (Å²) < 4.78 is 3.35. The van der Waals surface area contributed by atoms with E-state index < -0.39 is 4.92 Å². The molecular formula is C15H22N6O3. The molecule has 1 unspecified atom stereocenters. The summed E-state index contributed by atoms with van der Waals surface area (Å²) in [6.45, 7) is 8.59. The predicted molar refractivity (Wildman–Crippen MR) is 87.4 cm³/mol. The van der Waals surface area contributed by atoms with Crippen LogP contribution in [0.4, 0.5) is 5.69 Å². The van der Waals surface area contributed by atoms with Crippen molar-refractivity contribution < 1.29 is 9.72 Å². The third kappa shape index (κ3) is 3.61. The molecule has 9 nitrogen and oxygen atoms in total. The largest absolute Gasteiger partial charge is 0.349 e. The highest BCUT2D eigenvalue weighted by Crippen LogP contribution is 2.18. The Labute approximate surface area is 139 Å². The number of carbonyl (C=O) groups excluding carboxylic acids is 1. The van der Waals surface area contributed by atoms with Gasteiger partial charge in [0, 0.05) is 24.2 Å². The lowest BCUT2D eigenvalue weighted by atomic mass is 10.1. The molecule has 0 bridgehead atoms. The Morgan fingerprint density at radius 2 is 1.96 bits per heavy atom. The van der Waals surface area contributed by atoms with Gasteiger partial charge in [-0.3, -0.25) is 24.3 Å². The highest BCUT2D eigenvalue weighted by molar-refractivity contribution is 5.76. The van der Waals surface area contributed by atoms with Gasteiger partial charge in [0.05, 0.1) is 23.7 Å². The molecule has 0 saturated carbocycles. The number of nitrogens with zero attached hydrogens (tertiary/aromatic N) is 5. The molecule has 0 aliphatic carbocycles. The van der Waals surface area contributed by atoms with Gasteiger partial charge in [-0.05, 0) is 27.7 Å². The van der Waals surface area contributed by atoms with Crippen molar-refractivity contribution in [3.8, 4) is 0 Å². The van der Waals surface area contributed by atoms with E-state index in [0.29, 0.717) is 12.2 Å². The molecule has 0 radical (unpaired) electrons. The van der Waals surface area contributed by atoms with E-state index in [1.54, 1.807) is 13.1 Å². The van der Waals surface area contributed by atoms with Crippen LogP contribution in [0, 0.1) is 24.0 Å². The number of carbonyl (C=O) groups is 1. The lowest BCUT2D eigenvalue weighted by molar-refractivity contribution is -0.385. The second kappa shape index (κ2) is 7.24. The van der Waals surface area contributed by atoms with Crippen molar-refractivity contribution in [1.82, 2.24) is 24.9 Å². The fourth-order valence-electron chi connectivity index (χ4n) is 2.65. The van der Waals surface area contributed by atoms with Gasteiger partial charge in [0.2, 0.25) is 5.91 Å². The zero-order valence-corrected chi connectivity index (χ0v) is 14.3. The molecule has 1 atom stereocenters. The lowest BCUT2D eigenvalue weighted by Gasteiger charge is -2.14. The van der Waals surface area contributed by atoms with Crippen molar-refractivity contribution in [2.45, 2.75) is 53.2 Å². The van der Waals surface area contributed by atoms with Crippen LogP contribution >= 0.6 is 0 Å².